The smallest absolute Gasteiger partial charge is 0.312 e. The molecule has 7 aliphatic rings. The van der Waals surface area contributed by atoms with E-state index in [4.69, 9.17) is 23.7 Å². The van der Waals surface area contributed by atoms with Gasteiger partial charge in [-0.2, -0.15) is 0 Å². The number of allylic oxidation sites excluding steroid dienone is 2. The van der Waals surface area contributed by atoms with Crippen LogP contribution < -0.4 is 0 Å². The van der Waals surface area contributed by atoms with Crippen molar-refractivity contribution >= 4 is 11.9 Å². The summed E-state index contributed by atoms with van der Waals surface area (Å²) >= 11 is 0. The topological polar surface area (TPSA) is 222 Å². The van der Waals surface area contributed by atoms with Crippen molar-refractivity contribution in [2.75, 3.05) is 13.7 Å². The number of aliphatic carboxylic acids is 1. The third-order valence-electron chi connectivity index (χ3n) is 17.7. The predicted octanol–water partition coefficient (Wildman–Crippen LogP) is 3.06. The number of aliphatic hydroxyl groups is 6. The van der Waals surface area contributed by atoms with E-state index in [1.807, 2.05) is 6.92 Å². The Morgan fingerprint density at radius 1 is 0.789 bits per heavy atom. The van der Waals surface area contributed by atoms with Crippen molar-refractivity contribution in [3.8, 4) is 0 Å². The van der Waals surface area contributed by atoms with Gasteiger partial charge in [-0.3, -0.25) is 9.59 Å². The fourth-order valence-corrected chi connectivity index (χ4v) is 13.8. The van der Waals surface area contributed by atoms with Crippen molar-refractivity contribution in [3.05, 3.63) is 11.6 Å². The first kappa shape index (κ1) is 43.4. The number of ether oxygens (including phenoxy) is 5. The van der Waals surface area contributed by atoms with Gasteiger partial charge in [-0.05, 0) is 117 Å². The summed E-state index contributed by atoms with van der Waals surface area (Å²) in [4.78, 5) is 26.3. The van der Waals surface area contributed by atoms with Gasteiger partial charge in [0.2, 0.25) is 0 Å². The number of carboxylic acid groups (broad SMARTS) is 1. The fraction of sp³-hybridized carbons (Fsp3) is 0.907. The number of fused-ring (bicyclic) bond motifs is 7. The third-order valence-corrected chi connectivity index (χ3v) is 17.7. The first-order valence-corrected chi connectivity index (χ1v) is 21.2. The molecule has 7 rings (SSSR count). The van der Waals surface area contributed by atoms with Crippen LogP contribution in [0, 0.1) is 50.2 Å². The fourth-order valence-electron chi connectivity index (χ4n) is 13.8. The number of aliphatic hydroxyl groups excluding tert-OH is 6. The molecule has 19 unspecified atom stereocenters. The van der Waals surface area contributed by atoms with Crippen LogP contribution in [0.3, 0.4) is 0 Å². The van der Waals surface area contributed by atoms with Crippen molar-refractivity contribution in [2.45, 2.75) is 180 Å². The molecular formula is C43H68O14. The van der Waals surface area contributed by atoms with Crippen molar-refractivity contribution in [1.82, 2.24) is 0 Å². The average molecular weight is 809 g/mol. The average Bonchev–Trinajstić information content (AvgIpc) is 3.16. The van der Waals surface area contributed by atoms with E-state index in [1.54, 1.807) is 0 Å². The largest absolute Gasteiger partial charge is 0.481 e. The molecule has 0 bridgehead atoms. The number of carboxylic acids is 1. The van der Waals surface area contributed by atoms with Gasteiger partial charge in [0.25, 0.3) is 0 Å². The Balaban J connectivity index is 1.16. The molecular weight excluding hydrogens is 740 g/mol. The van der Waals surface area contributed by atoms with E-state index in [0.29, 0.717) is 38.0 Å². The highest BCUT2D eigenvalue weighted by Gasteiger charge is 2.70. The van der Waals surface area contributed by atoms with Gasteiger partial charge in [-0.15, -0.1) is 0 Å². The summed E-state index contributed by atoms with van der Waals surface area (Å²) in [5, 5.41) is 74.0. The van der Waals surface area contributed by atoms with Gasteiger partial charge < -0.3 is 59.4 Å². The Hall–Kier alpha value is -1.72. The number of methoxy groups -OCH3 is 1. The highest BCUT2D eigenvalue weighted by Crippen LogP contribution is 2.76. The molecule has 6 fully saturated rings. The lowest BCUT2D eigenvalue weighted by Crippen LogP contribution is -2.67. The van der Waals surface area contributed by atoms with Crippen LogP contribution in [0.4, 0.5) is 0 Å². The molecule has 5 aliphatic carbocycles. The predicted molar refractivity (Wildman–Crippen MR) is 203 cm³/mol. The van der Waals surface area contributed by atoms with Crippen LogP contribution in [-0.4, -0.2) is 129 Å². The molecule has 0 aromatic carbocycles. The van der Waals surface area contributed by atoms with Gasteiger partial charge in [-0.1, -0.05) is 46.3 Å². The molecule has 2 heterocycles. The Bertz CT molecular complexity index is 1590. The minimum Gasteiger partial charge on any atom is -0.481 e. The van der Waals surface area contributed by atoms with Crippen LogP contribution in [0.15, 0.2) is 11.6 Å². The van der Waals surface area contributed by atoms with Gasteiger partial charge in [-0.25, -0.2) is 0 Å². The summed E-state index contributed by atoms with van der Waals surface area (Å²) in [5.41, 5.74) is -1.30. The SMILES string of the molecule is COC(=O)C12CCC(C)(C(=O)O)CC1C1=CCC3C4(C)CCC(OC5OC(CO)C(O)C(O)C5OC5OC(C)C(O)C(O)C5O)C(C)(C)C4CCC3(C)C1(C)CC2. The Kier molecular flexibility index (Phi) is 11.2. The molecule has 14 nitrogen and oxygen atoms in total. The monoisotopic (exact) mass is 808 g/mol. The summed E-state index contributed by atoms with van der Waals surface area (Å²) in [6.45, 7) is 14.4. The third kappa shape index (κ3) is 6.31. The summed E-state index contributed by atoms with van der Waals surface area (Å²) < 4.78 is 30.1. The number of hydrogen-bond acceptors (Lipinski definition) is 13. The van der Waals surface area contributed by atoms with Crippen molar-refractivity contribution < 1.29 is 69.0 Å². The van der Waals surface area contributed by atoms with E-state index < -0.39 is 96.3 Å². The molecule has 19 atom stereocenters. The second-order valence-electron chi connectivity index (χ2n) is 20.5. The van der Waals surface area contributed by atoms with Gasteiger partial charge in [0, 0.05) is 0 Å². The van der Waals surface area contributed by atoms with E-state index in [9.17, 15) is 45.3 Å². The summed E-state index contributed by atoms with van der Waals surface area (Å²) in [6.07, 6.45) is -4.96. The molecule has 4 saturated carbocycles. The lowest BCUT2D eigenvalue weighted by Gasteiger charge is -2.71. The quantitative estimate of drug-likeness (QED) is 0.112. The highest BCUT2D eigenvalue weighted by molar-refractivity contribution is 5.80. The number of carbonyl (C=O) groups is 2. The van der Waals surface area contributed by atoms with Crippen LogP contribution in [0.2, 0.25) is 0 Å². The number of carbonyl (C=O) groups excluding carboxylic acids is 1. The first-order valence-electron chi connectivity index (χ1n) is 21.2. The lowest BCUT2D eigenvalue weighted by atomic mass is 9.33. The minimum absolute atomic E-state index is 0.111. The van der Waals surface area contributed by atoms with Crippen molar-refractivity contribution in [2.24, 2.45) is 50.2 Å². The molecule has 2 aliphatic heterocycles. The molecule has 0 aromatic rings. The van der Waals surface area contributed by atoms with Gasteiger partial charge >= 0.3 is 11.9 Å². The lowest BCUT2D eigenvalue weighted by molar-refractivity contribution is -0.376. The Morgan fingerprint density at radius 3 is 2.12 bits per heavy atom. The van der Waals surface area contributed by atoms with Crippen molar-refractivity contribution in [3.63, 3.8) is 0 Å². The molecule has 0 radical (unpaired) electrons. The molecule has 0 amide bonds. The van der Waals surface area contributed by atoms with E-state index >= 15 is 0 Å². The van der Waals surface area contributed by atoms with Crippen LogP contribution in [0.25, 0.3) is 0 Å². The zero-order chi connectivity index (χ0) is 41.8. The molecule has 7 N–H and O–H groups in total. The molecule has 2 saturated heterocycles. The highest BCUT2D eigenvalue weighted by atomic mass is 16.8. The maximum Gasteiger partial charge on any atom is 0.312 e. The van der Waals surface area contributed by atoms with Gasteiger partial charge in [0.15, 0.2) is 12.6 Å². The second kappa shape index (κ2) is 14.7. The molecule has 0 spiro atoms. The molecule has 324 valence electrons. The van der Waals surface area contributed by atoms with Crippen molar-refractivity contribution in [1.29, 1.82) is 0 Å². The Labute approximate surface area is 336 Å². The zero-order valence-electron chi connectivity index (χ0n) is 34.9. The summed E-state index contributed by atoms with van der Waals surface area (Å²) in [7, 11) is 1.45. The number of rotatable bonds is 7. The summed E-state index contributed by atoms with van der Waals surface area (Å²) in [6, 6.07) is 0. The van der Waals surface area contributed by atoms with Gasteiger partial charge in [0.05, 0.1) is 36.8 Å². The standard InChI is InChI=1S/C43H68O14/c1-21-28(45)30(47)32(49)34(54-21)57-33-31(48)29(46)24(20-44)55-35(33)56-27-12-13-40(5)25(38(27,2)3)11-14-42(7)26(40)10-9-22-23-19-39(4,36(50)51)15-17-43(23,37(52)53-8)18-16-41(22,42)6/h9,21,23-35,44-49H,10-20H2,1-8H3,(H,50,51). The molecule has 57 heavy (non-hydrogen) atoms. The van der Waals surface area contributed by atoms with E-state index in [2.05, 4.69) is 40.7 Å². The normalized spacial score (nSPS) is 53.3. The first-order chi connectivity index (χ1) is 26.6. The van der Waals surface area contributed by atoms with Crippen LogP contribution in [0.1, 0.15) is 113 Å². The molecule has 0 aromatic heterocycles. The maximum atomic E-state index is 13.7. The number of esters is 1. The molecule has 14 heteroatoms. The Morgan fingerprint density at radius 2 is 1.47 bits per heavy atom. The zero-order valence-corrected chi connectivity index (χ0v) is 34.9. The summed E-state index contributed by atoms with van der Waals surface area (Å²) in [5.74, 6) is -0.742. The second-order valence-corrected chi connectivity index (χ2v) is 20.5. The van der Waals surface area contributed by atoms with E-state index in [1.165, 1.54) is 19.6 Å². The van der Waals surface area contributed by atoms with Gasteiger partial charge in [0.1, 0.15) is 42.7 Å². The maximum absolute atomic E-state index is 13.7. The van der Waals surface area contributed by atoms with E-state index in [-0.39, 0.29) is 34.1 Å². The van der Waals surface area contributed by atoms with Crippen LogP contribution in [-0.2, 0) is 33.3 Å². The van der Waals surface area contributed by atoms with Crippen LogP contribution >= 0.6 is 0 Å². The van der Waals surface area contributed by atoms with E-state index in [0.717, 1.165) is 32.1 Å². The van der Waals surface area contributed by atoms with Crippen LogP contribution in [0.5, 0.6) is 0 Å². The number of hydrogen-bond donors (Lipinski definition) is 7. The minimum atomic E-state index is -1.66.